The number of amides is 1. The van der Waals surface area contributed by atoms with E-state index in [4.69, 9.17) is 15.2 Å². The van der Waals surface area contributed by atoms with Crippen molar-refractivity contribution in [2.75, 3.05) is 20.2 Å². The second-order valence-corrected chi connectivity index (χ2v) is 6.31. The van der Waals surface area contributed by atoms with Crippen molar-refractivity contribution in [2.24, 2.45) is 5.73 Å². The molecule has 1 heterocycles. The third-order valence-electron chi connectivity index (χ3n) is 3.56. The minimum absolute atomic E-state index is 0.287. The third-order valence-corrected chi connectivity index (χ3v) is 4.41. The van der Waals surface area contributed by atoms with E-state index >= 15 is 0 Å². The average Bonchev–Trinajstić information content (AvgIpc) is 3.05. The Hall–Kier alpha value is -2.05. The van der Waals surface area contributed by atoms with E-state index in [2.05, 4.69) is 0 Å². The first-order valence-electron chi connectivity index (χ1n) is 7.56. The Morgan fingerprint density at radius 2 is 2.13 bits per heavy atom. The van der Waals surface area contributed by atoms with Crippen LogP contribution in [0.5, 0.6) is 11.5 Å². The van der Waals surface area contributed by atoms with Crippen LogP contribution in [0, 0.1) is 0 Å². The van der Waals surface area contributed by atoms with Gasteiger partial charge in [0.1, 0.15) is 13.2 Å². The maximum atomic E-state index is 11.1. The van der Waals surface area contributed by atoms with E-state index in [0.29, 0.717) is 18.9 Å². The lowest BCUT2D eigenvalue weighted by Crippen LogP contribution is -3.11. The summed E-state index contributed by atoms with van der Waals surface area (Å²) in [6, 6.07) is 9.92. The first-order chi connectivity index (χ1) is 11.1. The quantitative estimate of drug-likeness (QED) is 0.724. The van der Waals surface area contributed by atoms with Crippen LogP contribution in [-0.4, -0.2) is 26.1 Å². The summed E-state index contributed by atoms with van der Waals surface area (Å²) in [5.41, 5.74) is 6.37. The number of likely N-dealkylation sites (N-methyl/N-ethyl adjacent to an activating group) is 1. The molecule has 0 saturated heterocycles. The van der Waals surface area contributed by atoms with E-state index in [1.165, 1.54) is 4.88 Å². The van der Waals surface area contributed by atoms with Crippen molar-refractivity contribution in [3.05, 3.63) is 46.2 Å². The second kappa shape index (κ2) is 8.55. The number of rotatable bonds is 9. The summed E-state index contributed by atoms with van der Waals surface area (Å²) in [6.07, 6.45) is 0. The molecule has 1 aromatic heterocycles. The van der Waals surface area contributed by atoms with Gasteiger partial charge in [0.15, 0.2) is 18.0 Å². The zero-order valence-corrected chi connectivity index (χ0v) is 14.3. The summed E-state index contributed by atoms with van der Waals surface area (Å²) in [5, 5.41) is 2.03. The lowest BCUT2D eigenvalue weighted by atomic mass is 10.2. The number of primary amides is 1. The summed E-state index contributed by atoms with van der Waals surface area (Å²) in [5.74, 6) is 1.14. The van der Waals surface area contributed by atoms with Crippen molar-refractivity contribution in [3.63, 3.8) is 0 Å². The van der Waals surface area contributed by atoms with Gasteiger partial charge in [-0.05, 0) is 36.6 Å². The maximum absolute atomic E-state index is 11.1. The molecular weight excluding hydrogens is 312 g/mol. The average molecular weight is 335 g/mol. The van der Waals surface area contributed by atoms with Gasteiger partial charge in [-0.15, -0.1) is 11.3 Å². The number of benzene rings is 1. The van der Waals surface area contributed by atoms with Gasteiger partial charge in [0.25, 0.3) is 5.91 Å². The summed E-state index contributed by atoms with van der Waals surface area (Å²) in [4.78, 5) is 13.4. The van der Waals surface area contributed by atoms with Crippen LogP contribution in [0.25, 0.3) is 0 Å². The molecule has 3 N–H and O–H groups in total. The number of ether oxygens (including phenoxy) is 2. The van der Waals surface area contributed by atoms with Crippen LogP contribution < -0.4 is 20.1 Å². The van der Waals surface area contributed by atoms with E-state index in [9.17, 15) is 4.79 Å². The van der Waals surface area contributed by atoms with Crippen LogP contribution in [0.15, 0.2) is 35.7 Å². The number of methoxy groups -OCH3 is 1. The molecule has 1 aromatic carbocycles. The van der Waals surface area contributed by atoms with E-state index < -0.39 is 0 Å². The fraction of sp³-hybridized carbons (Fsp3) is 0.353. The largest absolute Gasteiger partial charge is 0.493 e. The Morgan fingerprint density at radius 1 is 1.30 bits per heavy atom. The minimum Gasteiger partial charge on any atom is -0.493 e. The number of hydrogen-bond donors (Lipinski definition) is 2. The van der Waals surface area contributed by atoms with Crippen LogP contribution in [0.2, 0.25) is 0 Å². The molecule has 0 aliphatic carbocycles. The number of carbonyl (C=O) groups is 1. The summed E-state index contributed by atoms with van der Waals surface area (Å²) in [6.45, 7) is 4.45. The minimum atomic E-state index is -0.287. The molecule has 2 rings (SSSR count). The van der Waals surface area contributed by atoms with Crippen LogP contribution in [0.1, 0.15) is 17.4 Å². The van der Waals surface area contributed by atoms with Gasteiger partial charge < -0.3 is 20.1 Å². The van der Waals surface area contributed by atoms with Crippen molar-refractivity contribution < 1.29 is 19.2 Å². The van der Waals surface area contributed by atoms with Gasteiger partial charge in [-0.2, -0.15) is 0 Å². The van der Waals surface area contributed by atoms with Gasteiger partial charge in [-0.3, -0.25) is 4.79 Å². The van der Waals surface area contributed by atoms with Crippen LogP contribution in [0.4, 0.5) is 0 Å². The number of nitrogens with one attached hydrogen (secondary N) is 1. The molecule has 1 unspecified atom stereocenters. The highest BCUT2D eigenvalue weighted by Crippen LogP contribution is 2.29. The number of carbonyl (C=O) groups excluding carboxylic acids is 1. The van der Waals surface area contributed by atoms with Crippen LogP contribution in [-0.2, 0) is 17.9 Å². The number of nitrogens with two attached hydrogens (primary N) is 1. The molecule has 0 fully saturated rings. The lowest BCUT2D eigenvalue weighted by molar-refractivity contribution is -0.904. The standard InChI is InChI=1S/C17H22N2O3S/c1-3-19(11-17(18)20)10-13-6-7-15(16(9-13)21-2)22-12-14-5-4-8-23-14/h4-9H,3,10-12H2,1-2H3,(H2,18,20)/p+1. The van der Waals surface area contributed by atoms with Gasteiger partial charge in [-0.1, -0.05) is 6.07 Å². The molecule has 6 heteroatoms. The summed E-state index contributed by atoms with van der Waals surface area (Å²) < 4.78 is 11.3. The highest BCUT2D eigenvalue weighted by atomic mass is 32.1. The molecule has 5 nitrogen and oxygen atoms in total. The molecule has 1 atom stereocenters. The molecule has 124 valence electrons. The Balaban J connectivity index is 2.04. The smallest absolute Gasteiger partial charge is 0.272 e. The van der Waals surface area contributed by atoms with Gasteiger partial charge in [0.2, 0.25) is 0 Å². The van der Waals surface area contributed by atoms with Gasteiger partial charge in [-0.25, -0.2) is 0 Å². The molecule has 0 saturated carbocycles. The van der Waals surface area contributed by atoms with Crippen molar-refractivity contribution in [1.82, 2.24) is 0 Å². The van der Waals surface area contributed by atoms with E-state index in [1.54, 1.807) is 18.4 Å². The second-order valence-electron chi connectivity index (χ2n) is 5.28. The van der Waals surface area contributed by atoms with Crippen molar-refractivity contribution in [3.8, 4) is 11.5 Å². The van der Waals surface area contributed by atoms with Crippen LogP contribution >= 0.6 is 11.3 Å². The normalized spacial score (nSPS) is 11.9. The zero-order chi connectivity index (χ0) is 16.7. The molecule has 0 spiro atoms. The number of thiophene rings is 1. The third kappa shape index (κ3) is 5.26. The maximum Gasteiger partial charge on any atom is 0.272 e. The first kappa shape index (κ1) is 17.3. The monoisotopic (exact) mass is 335 g/mol. The van der Waals surface area contributed by atoms with Gasteiger partial charge in [0.05, 0.1) is 13.7 Å². The molecule has 1 amide bonds. The predicted octanol–water partition coefficient (Wildman–Crippen LogP) is 1.23. The van der Waals surface area contributed by atoms with E-state index in [-0.39, 0.29) is 5.91 Å². The van der Waals surface area contributed by atoms with Crippen LogP contribution in [0.3, 0.4) is 0 Å². The SMILES string of the molecule is CC[NH+](CC(N)=O)Cc1ccc(OCc2cccs2)c(OC)c1. The van der Waals surface area contributed by atoms with Crippen molar-refractivity contribution in [2.45, 2.75) is 20.1 Å². The molecule has 23 heavy (non-hydrogen) atoms. The number of quaternary nitrogens is 1. The predicted molar refractivity (Wildman–Crippen MR) is 90.9 cm³/mol. The van der Waals surface area contributed by atoms with Crippen molar-refractivity contribution in [1.29, 1.82) is 0 Å². The molecule has 0 bridgehead atoms. The molecule has 0 radical (unpaired) electrons. The van der Waals surface area contributed by atoms with E-state index in [1.807, 2.05) is 42.6 Å². The van der Waals surface area contributed by atoms with E-state index in [0.717, 1.165) is 29.3 Å². The summed E-state index contributed by atoms with van der Waals surface area (Å²) >= 11 is 1.66. The molecule has 0 aliphatic heterocycles. The Bertz CT molecular complexity index is 629. The molecule has 2 aromatic rings. The Labute approximate surface area is 140 Å². The molecular formula is C17H23N2O3S+. The fourth-order valence-electron chi connectivity index (χ4n) is 2.33. The topological polar surface area (TPSA) is 66.0 Å². The van der Waals surface area contributed by atoms with Crippen molar-refractivity contribution >= 4 is 17.2 Å². The highest BCUT2D eigenvalue weighted by molar-refractivity contribution is 7.09. The Kier molecular flexibility index (Phi) is 6.43. The lowest BCUT2D eigenvalue weighted by Gasteiger charge is -2.17. The van der Waals surface area contributed by atoms with Gasteiger partial charge in [0, 0.05) is 10.4 Å². The fourth-order valence-corrected chi connectivity index (χ4v) is 2.95. The zero-order valence-electron chi connectivity index (χ0n) is 13.5. The molecule has 0 aliphatic rings. The first-order valence-corrected chi connectivity index (χ1v) is 8.44. The summed E-state index contributed by atoms with van der Waals surface area (Å²) in [7, 11) is 1.63. The Morgan fingerprint density at radius 3 is 2.74 bits per heavy atom. The van der Waals surface area contributed by atoms with Gasteiger partial charge >= 0.3 is 0 Å². The number of hydrogen-bond acceptors (Lipinski definition) is 4. The highest BCUT2D eigenvalue weighted by Gasteiger charge is 2.13.